The monoisotopic (exact) mass is 358 g/mol. The number of amides is 2. The zero-order chi connectivity index (χ0) is 17.6. The maximum atomic E-state index is 13.4. The van der Waals surface area contributed by atoms with Gasteiger partial charge in [-0.15, -0.1) is 0 Å². The van der Waals surface area contributed by atoms with E-state index in [1.807, 2.05) is 0 Å². The molecule has 4 nitrogen and oxygen atoms in total. The summed E-state index contributed by atoms with van der Waals surface area (Å²) in [6.07, 6.45) is 1.32. The van der Waals surface area contributed by atoms with Crippen LogP contribution >= 0.6 is 11.6 Å². The maximum absolute atomic E-state index is 13.4. The Hall–Kier alpha value is -2.40. The second kappa shape index (κ2) is 5.85. The van der Waals surface area contributed by atoms with Crippen LogP contribution in [0.15, 0.2) is 42.5 Å². The average Bonchev–Trinajstić information content (AvgIpc) is 2.97. The Balaban J connectivity index is 1.48. The highest BCUT2D eigenvalue weighted by atomic mass is 35.5. The Kier molecular flexibility index (Phi) is 3.76. The first-order valence-electron chi connectivity index (χ1n) is 8.12. The van der Waals surface area contributed by atoms with E-state index in [1.165, 1.54) is 18.2 Å². The number of nitrogens with one attached hydrogen (secondary N) is 1. The summed E-state index contributed by atoms with van der Waals surface area (Å²) in [5, 5.41) is 3.42. The molecule has 2 saturated heterocycles. The summed E-state index contributed by atoms with van der Waals surface area (Å²) in [7, 11) is 0. The molecule has 2 aromatic carbocycles. The first-order valence-corrected chi connectivity index (χ1v) is 8.49. The van der Waals surface area contributed by atoms with Crippen molar-refractivity contribution in [1.82, 2.24) is 10.2 Å². The molecule has 2 heterocycles. The Morgan fingerprint density at radius 2 is 1.88 bits per heavy atom. The zero-order valence-corrected chi connectivity index (χ0v) is 14.1. The van der Waals surface area contributed by atoms with Crippen LogP contribution in [0.4, 0.5) is 4.39 Å². The third-order valence-electron chi connectivity index (χ3n) is 4.88. The van der Waals surface area contributed by atoms with E-state index in [4.69, 9.17) is 11.6 Å². The predicted molar refractivity (Wildman–Crippen MR) is 92.9 cm³/mol. The summed E-state index contributed by atoms with van der Waals surface area (Å²) in [5.74, 6) is -0.365. The van der Waals surface area contributed by atoms with Gasteiger partial charge in [-0.2, -0.15) is 0 Å². The minimum Gasteiger partial charge on any atom is -0.347 e. The second-order valence-corrected chi connectivity index (χ2v) is 7.10. The van der Waals surface area contributed by atoms with E-state index < -0.39 is 0 Å². The number of hydrogen-bond donors (Lipinski definition) is 1. The fourth-order valence-corrected chi connectivity index (χ4v) is 3.76. The maximum Gasteiger partial charge on any atom is 0.254 e. The van der Waals surface area contributed by atoms with E-state index in [9.17, 15) is 14.0 Å². The molecule has 0 aromatic heterocycles. The topological polar surface area (TPSA) is 49.4 Å². The average molecular weight is 359 g/mol. The molecular weight excluding hydrogens is 343 g/mol. The van der Waals surface area contributed by atoms with Crippen LogP contribution in [0.3, 0.4) is 0 Å². The number of benzene rings is 2. The minimum atomic E-state index is -0.357. The van der Waals surface area contributed by atoms with Crippen LogP contribution in [-0.4, -0.2) is 35.3 Å². The molecule has 2 aliphatic heterocycles. The number of halogens is 2. The highest BCUT2D eigenvalue weighted by molar-refractivity contribution is 6.33. The fraction of sp³-hybridized carbons (Fsp3) is 0.263. The van der Waals surface area contributed by atoms with Crippen LogP contribution in [-0.2, 0) is 4.79 Å². The molecule has 2 amide bonds. The van der Waals surface area contributed by atoms with Gasteiger partial charge in [0.2, 0.25) is 5.91 Å². The number of rotatable bonds is 2. The fourth-order valence-electron chi connectivity index (χ4n) is 3.53. The first kappa shape index (κ1) is 16.1. The van der Waals surface area contributed by atoms with Gasteiger partial charge in [-0.1, -0.05) is 23.7 Å². The molecule has 0 unspecified atom stereocenters. The molecule has 0 radical (unpaired) electrons. The summed E-state index contributed by atoms with van der Waals surface area (Å²) < 4.78 is 13.4. The van der Waals surface area contributed by atoms with Crippen molar-refractivity contribution in [1.29, 1.82) is 0 Å². The van der Waals surface area contributed by atoms with Crippen molar-refractivity contribution in [2.24, 2.45) is 0 Å². The van der Waals surface area contributed by atoms with Crippen LogP contribution in [0.5, 0.6) is 0 Å². The highest BCUT2D eigenvalue weighted by Gasteiger charge is 2.49. The highest BCUT2D eigenvalue weighted by Crippen LogP contribution is 2.32. The number of likely N-dealkylation sites (tertiary alicyclic amines) is 1. The lowest BCUT2D eigenvalue weighted by Gasteiger charge is -2.47. The van der Waals surface area contributed by atoms with Crippen LogP contribution in [0, 0.1) is 5.82 Å². The normalized spacial score (nSPS) is 18.2. The molecule has 1 N–H and O–H groups in total. The Labute approximate surface area is 149 Å². The van der Waals surface area contributed by atoms with E-state index in [0.717, 1.165) is 12.0 Å². The van der Waals surface area contributed by atoms with Gasteiger partial charge < -0.3 is 10.2 Å². The van der Waals surface area contributed by atoms with Crippen molar-refractivity contribution in [3.63, 3.8) is 0 Å². The van der Waals surface area contributed by atoms with E-state index in [-0.39, 0.29) is 23.2 Å². The molecule has 2 aliphatic rings. The molecule has 25 heavy (non-hydrogen) atoms. The number of nitrogens with zero attached hydrogens (tertiary/aromatic N) is 1. The largest absolute Gasteiger partial charge is 0.347 e. The van der Waals surface area contributed by atoms with Crippen LogP contribution < -0.4 is 5.32 Å². The summed E-state index contributed by atoms with van der Waals surface area (Å²) in [4.78, 5) is 25.6. The number of carbonyl (C=O) groups is 2. The Morgan fingerprint density at radius 3 is 2.52 bits per heavy atom. The molecule has 0 atom stereocenters. The first-order chi connectivity index (χ1) is 12.0. The molecule has 4 rings (SSSR count). The summed E-state index contributed by atoms with van der Waals surface area (Å²) >= 11 is 6.12. The third kappa shape index (κ3) is 2.89. The van der Waals surface area contributed by atoms with E-state index in [1.54, 1.807) is 29.2 Å². The van der Waals surface area contributed by atoms with Gasteiger partial charge in [0.15, 0.2) is 0 Å². The van der Waals surface area contributed by atoms with Gasteiger partial charge in [0.1, 0.15) is 5.82 Å². The number of carbonyl (C=O) groups excluding carboxylic acids is 2. The molecule has 0 saturated carbocycles. The minimum absolute atomic E-state index is 0.0587. The van der Waals surface area contributed by atoms with Crippen molar-refractivity contribution < 1.29 is 14.0 Å². The van der Waals surface area contributed by atoms with Gasteiger partial charge in [-0.25, -0.2) is 4.39 Å². The van der Waals surface area contributed by atoms with Gasteiger partial charge >= 0.3 is 0 Å². The van der Waals surface area contributed by atoms with Gasteiger partial charge in [0.25, 0.3) is 5.91 Å². The van der Waals surface area contributed by atoms with Gasteiger partial charge in [-0.05, 0) is 42.3 Å². The lowest BCUT2D eigenvalue weighted by atomic mass is 9.87. The van der Waals surface area contributed by atoms with Crippen molar-refractivity contribution in [2.45, 2.75) is 18.4 Å². The van der Waals surface area contributed by atoms with Gasteiger partial charge in [0, 0.05) is 35.7 Å². The van der Waals surface area contributed by atoms with Gasteiger partial charge in [0.05, 0.1) is 5.54 Å². The molecular formula is C19H16ClFN2O2. The van der Waals surface area contributed by atoms with Crippen LogP contribution in [0.2, 0.25) is 5.02 Å². The predicted octanol–water partition coefficient (Wildman–Crippen LogP) is 3.25. The van der Waals surface area contributed by atoms with E-state index in [2.05, 4.69) is 5.32 Å². The summed E-state index contributed by atoms with van der Waals surface area (Å²) in [6, 6.07) is 11.2. The van der Waals surface area contributed by atoms with Crippen molar-refractivity contribution in [3.8, 4) is 11.1 Å². The molecule has 0 aliphatic carbocycles. The summed E-state index contributed by atoms with van der Waals surface area (Å²) in [5.41, 5.74) is 1.69. The SMILES string of the molecule is O=C1CCC2(CN(C(=O)c3ccc(-c4cc(F)ccc4Cl)cc3)C2)N1. The van der Waals surface area contributed by atoms with Gasteiger partial charge in [-0.3, -0.25) is 9.59 Å². The van der Waals surface area contributed by atoms with Crippen molar-refractivity contribution >= 4 is 23.4 Å². The zero-order valence-electron chi connectivity index (χ0n) is 13.4. The lowest BCUT2D eigenvalue weighted by molar-refractivity contribution is -0.120. The molecule has 6 heteroatoms. The third-order valence-corrected chi connectivity index (χ3v) is 5.21. The van der Waals surface area contributed by atoms with Crippen molar-refractivity contribution in [3.05, 3.63) is 58.9 Å². The Morgan fingerprint density at radius 1 is 1.16 bits per heavy atom. The quantitative estimate of drug-likeness (QED) is 0.895. The molecule has 2 fully saturated rings. The smallest absolute Gasteiger partial charge is 0.254 e. The van der Waals surface area contributed by atoms with E-state index >= 15 is 0 Å². The standard InChI is InChI=1S/C19H16ClFN2O2/c20-16-6-5-14(21)9-15(16)12-1-3-13(4-2-12)18(25)23-10-19(11-23)8-7-17(24)22-19/h1-6,9H,7-8,10-11H2,(H,22,24). The van der Waals surface area contributed by atoms with Crippen molar-refractivity contribution in [2.75, 3.05) is 13.1 Å². The number of hydrogen-bond acceptors (Lipinski definition) is 2. The molecule has 2 aromatic rings. The molecule has 128 valence electrons. The van der Waals surface area contributed by atoms with Crippen LogP contribution in [0.1, 0.15) is 23.2 Å². The summed E-state index contributed by atoms with van der Waals surface area (Å²) in [6.45, 7) is 1.10. The lowest BCUT2D eigenvalue weighted by Crippen LogP contribution is -2.68. The Bertz CT molecular complexity index is 860. The van der Waals surface area contributed by atoms with Crippen LogP contribution in [0.25, 0.3) is 11.1 Å². The molecule has 0 bridgehead atoms. The van der Waals surface area contributed by atoms with E-state index in [0.29, 0.717) is 35.7 Å². The molecule has 1 spiro atoms. The second-order valence-electron chi connectivity index (χ2n) is 6.69.